The second kappa shape index (κ2) is 6.61. The van der Waals surface area contributed by atoms with Gasteiger partial charge in [0.1, 0.15) is 0 Å². The molecule has 0 saturated carbocycles. The maximum absolute atomic E-state index is 10.1. The molecule has 0 aliphatic heterocycles. The summed E-state index contributed by atoms with van der Waals surface area (Å²) in [6.07, 6.45) is -0.552. The third-order valence-corrected chi connectivity index (χ3v) is 4.30. The predicted octanol–water partition coefficient (Wildman–Crippen LogP) is 3.99. The molecule has 0 bridgehead atoms. The molecule has 0 aliphatic rings. The van der Waals surface area contributed by atoms with Gasteiger partial charge in [0.15, 0.2) is 11.5 Å². The summed E-state index contributed by atoms with van der Waals surface area (Å²) in [5.41, 5.74) is 4.21. The zero-order valence-corrected chi connectivity index (χ0v) is 14.7. The van der Waals surface area contributed by atoms with E-state index in [2.05, 4.69) is 0 Å². The third kappa shape index (κ3) is 3.10. The van der Waals surface area contributed by atoms with Gasteiger partial charge in [-0.3, -0.25) is 0 Å². The molecule has 0 aliphatic carbocycles. The van der Waals surface area contributed by atoms with E-state index in [-0.39, 0.29) is 5.75 Å². The molecule has 3 aromatic rings. The first-order valence-electron chi connectivity index (χ1n) is 7.99. The molecule has 25 heavy (non-hydrogen) atoms. The standard InChI is InChI=1S/C20H21NO4/c1-11-7-16(14-9-18(24-3)20(23)19(10-14)25-4)21-17-8-13(12(2)22)5-6-15(11)17/h5-10,12,22-23H,1-4H3. The molecule has 0 amide bonds. The highest BCUT2D eigenvalue weighted by atomic mass is 16.5. The van der Waals surface area contributed by atoms with Crippen molar-refractivity contribution in [1.29, 1.82) is 0 Å². The Labute approximate surface area is 146 Å². The van der Waals surface area contributed by atoms with E-state index < -0.39 is 6.10 Å². The summed E-state index contributed by atoms with van der Waals surface area (Å²) in [6, 6.07) is 11.2. The van der Waals surface area contributed by atoms with Crippen molar-refractivity contribution in [2.24, 2.45) is 0 Å². The molecule has 1 unspecified atom stereocenters. The molecule has 5 heteroatoms. The van der Waals surface area contributed by atoms with Gasteiger partial charge in [-0.1, -0.05) is 12.1 Å². The van der Waals surface area contributed by atoms with Crippen LogP contribution in [0.1, 0.15) is 24.2 Å². The molecule has 1 atom stereocenters. The molecule has 1 aromatic heterocycles. The van der Waals surface area contributed by atoms with Crippen LogP contribution in [-0.2, 0) is 0 Å². The van der Waals surface area contributed by atoms with Gasteiger partial charge >= 0.3 is 0 Å². The number of fused-ring (bicyclic) bond motifs is 1. The van der Waals surface area contributed by atoms with E-state index in [1.165, 1.54) is 14.2 Å². The zero-order valence-electron chi connectivity index (χ0n) is 14.7. The normalized spacial score (nSPS) is 12.2. The van der Waals surface area contributed by atoms with E-state index >= 15 is 0 Å². The fraction of sp³-hybridized carbons (Fsp3) is 0.250. The van der Waals surface area contributed by atoms with Crippen LogP contribution < -0.4 is 9.47 Å². The number of aryl methyl sites for hydroxylation is 1. The first kappa shape index (κ1) is 17.0. The van der Waals surface area contributed by atoms with E-state index in [0.29, 0.717) is 11.5 Å². The number of aliphatic hydroxyl groups is 1. The van der Waals surface area contributed by atoms with E-state index in [9.17, 15) is 10.2 Å². The minimum Gasteiger partial charge on any atom is -0.502 e. The molecule has 1 heterocycles. The minimum atomic E-state index is -0.552. The number of hydrogen-bond acceptors (Lipinski definition) is 5. The van der Waals surface area contributed by atoms with Gasteiger partial charge in [0, 0.05) is 10.9 Å². The number of aliphatic hydroxyl groups excluding tert-OH is 1. The summed E-state index contributed by atoms with van der Waals surface area (Å²) >= 11 is 0. The lowest BCUT2D eigenvalue weighted by Crippen LogP contribution is -1.95. The first-order chi connectivity index (χ1) is 11.9. The summed E-state index contributed by atoms with van der Waals surface area (Å²) in [5, 5.41) is 20.9. The summed E-state index contributed by atoms with van der Waals surface area (Å²) in [7, 11) is 2.98. The Morgan fingerprint density at radius 3 is 2.20 bits per heavy atom. The fourth-order valence-corrected chi connectivity index (χ4v) is 2.87. The maximum atomic E-state index is 10.1. The van der Waals surface area contributed by atoms with Gasteiger partial charge in [-0.2, -0.15) is 0 Å². The average molecular weight is 339 g/mol. The lowest BCUT2D eigenvalue weighted by molar-refractivity contribution is 0.199. The maximum Gasteiger partial charge on any atom is 0.200 e. The quantitative estimate of drug-likeness (QED) is 0.752. The molecule has 3 rings (SSSR count). The number of phenolic OH excluding ortho intramolecular Hbond substituents is 1. The molecule has 2 aromatic carbocycles. The van der Waals surface area contributed by atoms with Crippen molar-refractivity contribution in [3.8, 4) is 28.5 Å². The molecule has 0 radical (unpaired) electrons. The second-order valence-electron chi connectivity index (χ2n) is 6.01. The van der Waals surface area contributed by atoms with Gasteiger partial charge in [-0.05, 0) is 49.2 Å². The van der Waals surface area contributed by atoms with E-state index in [1.54, 1.807) is 19.1 Å². The number of pyridine rings is 1. The van der Waals surface area contributed by atoms with Crippen LogP contribution in [0.5, 0.6) is 17.2 Å². The average Bonchev–Trinajstić information content (AvgIpc) is 2.61. The Morgan fingerprint density at radius 2 is 1.64 bits per heavy atom. The highest BCUT2D eigenvalue weighted by Gasteiger charge is 2.14. The molecule has 0 saturated heterocycles. The predicted molar refractivity (Wildman–Crippen MR) is 97.3 cm³/mol. The van der Waals surface area contributed by atoms with Crippen molar-refractivity contribution >= 4 is 10.9 Å². The van der Waals surface area contributed by atoms with Gasteiger partial charge in [-0.15, -0.1) is 0 Å². The van der Waals surface area contributed by atoms with Crippen molar-refractivity contribution in [3.05, 3.63) is 47.5 Å². The Hall–Kier alpha value is -2.79. The zero-order chi connectivity index (χ0) is 18.1. The van der Waals surface area contributed by atoms with Crippen molar-refractivity contribution < 1.29 is 19.7 Å². The number of nitrogens with zero attached hydrogens (tertiary/aromatic N) is 1. The Morgan fingerprint density at radius 1 is 1.00 bits per heavy atom. The molecular weight excluding hydrogens is 318 g/mol. The van der Waals surface area contributed by atoms with Crippen LogP contribution in [-0.4, -0.2) is 29.4 Å². The second-order valence-corrected chi connectivity index (χ2v) is 6.01. The van der Waals surface area contributed by atoms with Crippen molar-refractivity contribution in [1.82, 2.24) is 4.98 Å². The van der Waals surface area contributed by atoms with Gasteiger partial charge in [-0.25, -0.2) is 4.98 Å². The number of hydrogen-bond donors (Lipinski definition) is 2. The largest absolute Gasteiger partial charge is 0.502 e. The summed E-state index contributed by atoms with van der Waals surface area (Å²) in [6.45, 7) is 3.75. The van der Waals surface area contributed by atoms with Crippen molar-refractivity contribution in [2.45, 2.75) is 20.0 Å². The van der Waals surface area contributed by atoms with Crippen LogP contribution in [0.4, 0.5) is 0 Å². The number of phenols is 1. The van der Waals surface area contributed by atoms with Crippen LogP contribution in [0, 0.1) is 6.92 Å². The van der Waals surface area contributed by atoms with E-state index in [4.69, 9.17) is 14.5 Å². The van der Waals surface area contributed by atoms with E-state index in [1.807, 2.05) is 31.2 Å². The Balaban J connectivity index is 2.22. The van der Waals surface area contributed by atoms with Gasteiger partial charge in [0.25, 0.3) is 0 Å². The van der Waals surface area contributed by atoms with Gasteiger partial charge in [0.05, 0.1) is 31.5 Å². The molecular formula is C20H21NO4. The lowest BCUT2D eigenvalue weighted by atomic mass is 10.0. The number of aromatic nitrogens is 1. The Kier molecular flexibility index (Phi) is 4.51. The summed E-state index contributed by atoms with van der Waals surface area (Å²) in [5.74, 6) is 0.612. The van der Waals surface area contributed by atoms with Gasteiger partial charge in [0.2, 0.25) is 5.75 Å². The number of aromatic hydroxyl groups is 1. The number of ether oxygens (including phenoxy) is 2. The van der Waals surface area contributed by atoms with Crippen molar-refractivity contribution in [3.63, 3.8) is 0 Å². The van der Waals surface area contributed by atoms with Crippen LogP contribution in [0.25, 0.3) is 22.2 Å². The molecule has 2 N–H and O–H groups in total. The monoisotopic (exact) mass is 339 g/mol. The highest BCUT2D eigenvalue weighted by molar-refractivity contribution is 5.86. The van der Waals surface area contributed by atoms with Crippen LogP contribution >= 0.6 is 0 Å². The van der Waals surface area contributed by atoms with E-state index in [0.717, 1.165) is 33.3 Å². The molecule has 0 spiro atoms. The molecule has 5 nitrogen and oxygen atoms in total. The fourth-order valence-electron chi connectivity index (χ4n) is 2.87. The smallest absolute Gasteiger partial charge is 0.200 e. The van der Waals surface area contributed by atoms with Crippen LogP contribution in [0.3, 0.4) is 0 Å². The first-order valence-corrected chi connectivity index (χ1v) is 7.99. The SMILES string of the molecule is COc1cc(-c2cc(C)c3ccc(C(C)O)cc3n2)cc(OC)c1O. The third-order valence-electron chi connectivity index (χ3n) is 4.30. The summed E-state index contributed by atoms with van der Waals surface area (Å²) in [4.78, 5) is 4.73. The lowest BCUT2D eigenvalue weighted by Gasteiger charge is -2.13. The number of methoxy groups -OCH3 is 2. The Bertz CT molecular complexity index is 909. The van der Waals surface area contributed by atoms with Crippen molar-refractivity contribution in [2.75, 3.05) is 14.2 Å². The number of rotatable bonds is 4. The number of benzene rings is 2. The molecule has 130 valence electrons. The van der Waals surface area contributed by atoms with Crippen LogP contribution in [0.2, 0.25) is 0 Å². The van der Waals surface area contributed by atoms with Gasteiger partial charge < -0.3 is 19.7 Å². The molecule has 0 fully saturated rings. The van der Waals surface area contributed by atoms with Crippen LogP contribution in [0.15, 0.2) is 36.4 Å². The highest BCUT2D eigenvalue weighted by Crippen LogP contribution is 2.40. The summed E-state index contributed by atoms with van der Waals surface area (Å²) < 4.78 is 10.5. The minimum absolute atomic E-state index is 0.0392. The topological polar surface area (TPSA) is 71.8 Å².